The molecule has 0 fully saturated rings. The van der Waals surface area contributed by atoms with Gasteiger partial charge in [-0.3, -0.25) is 4.79 Å². The second kappa shape index (κ2) is 5.68. The Balaban J connectivity index is 2.86. The number of carboxylic acids is 1. The van der Waals surface area contributed by atoms with Crippen molar-refractivity contribution in [3.63, 3.8) is 0 Å². The molecule has 0 aliphatic rings. The molecule has 22 heavy (non-hydrogen) atoms. The number of hydrogen-bond acceptors (Lipinski definition) is 3. The molecule has 0 unspecified atom stereocenters. The van der Waals surface area contributed by atoms with Crippen molar-refractivity contribution in [2.75, 3.05) is 0 Å². The molecule has 2 rings (SSSR count). The van der Waals surface area contributed by atoms with Gasteiger partial charge in [0.25, 0.3) is 5.56 Å². The predicted molar refractivity (Wildman–Crippen MR) is 69.4 cm³/mol. The Bertz CT molecular complexity index is 891. The molecule has 0 saturated heterocycles. The van der Waals surface area contributed by atoms with Gasteiger partial charge < -0.3 is 10.1 Å². The number of rotatable bonds is 3. The van der Waals surface area contributed by atoms with Gasteiger partial charge in [-0.05, 0) is 12.1 Å². The van der Waals surface area contributed by atoms with E-state index in [1.54, 1.807) is 4.98 Å². The molecule has 1 heterocycles. The summed E-state index contributed by atoms with van der Waals surface area (Å²) in [5, 5.41) is 8.43. The molecular formula is C12H6ClF3N2O4. The number of H-pyrrole nitrogens is 1. The van der Waals surface area contributed by atoms with Crippen molar-refractivity contribution in [3.05, 3.63) is 60.9 Å². The van der Waals surface area contributed by atoms with Crippen molar-refractivity contribution >= 4 is 17.6 Å². The average molecular weight is 335 g/mol. The molecule has 0 bridgehead atoms. The molecule has 0 saturated carbocycles. The second-order valence-electron chi connectivity index (χ2n) is 4.09. The fourth-order valence-corrected chi connectivity index (χ4v) is 1.97. The van der Waals surface area contributed by atoms with Crippen molar-refractivity contribution in [2.45, 2.75) is 6.67 Å². The van der Waals surface area contributed by atoms with E-state index in [-0.39, 0.29) is 4.57 Å². The van der Waals surface area contributed by atoms with Crippen LogP contribution in [0.2, 0.25) is 5.02 Å². The Morgan fingerprint density at radius 3 is 2.50 bits per heavy atom. The highest BCUT2D eigenvalue weighted by Gasteiger charge is 2.20. The van der Waals surface area contributed by atoms with Crippen molar-refractivity contribution in [2.24, 2.45) is 0 Å². The summed E-state index contributed by atoms with van der Waals surface area (Å²) >= 11 is 5.52. The zero-order valence-corrected chi connectivity index (χ0v) is 11.2. The summed E-state index contributed by atoms with van der Waals surface area (Å²) in [7, 11) is 0. The monoisotopic (exact) mass is 334 g/mol. The number of aromatic nitrogens is 2. The lowest BCUT2D eigenvalue weighted by Crippen LogP contribution is -2.37. The number of halogens is 4. The minimum Gasteiger partial charge on any atom is -0.478 e. The summed E-state index contributed by atoms with van der Waals surface area (Å²) in [6.45, 7) is -1.44. The van der Waals surface area contributed by atoms with Crippen molar-refractivity contribution < 1.29 is 23.1 Å². The van der Waals surface area contributed by atoms with Crippen molar-refractivity contribution in [1.82, 2.24) is 9.55 Å². The number of nitrogens with one attached hydrogen (secondary N) is 1. The van der Waals surface area contributed by atoms with Crippen LogP contribution >= 0.6 is 11.6 Å². The van der Waals surface area contributed by atoms with E-state index in [1.807, 2.05) is 0 Å². The predicted octanol–water partition coefficient (Wildman–Crippen LogP) is 1.63. The zero-order valence-electron chi connectivity index (χ0n) is 10.5. The molecular weight excluding hydrogens is 329 g/mol. The van der Waals surface area contributed by atoms with Crippen LogP contribution in [0.4, 0.5) is 13.2 Å². The van der Waals surface area contributed by atoms with Crippen LogP contribution in [-0.2, 0) is 6.67 Å². The number of carbonyl (C=O) groups is 1. The topological polar surface area (TPSA) is 92.2 Å². The molecule has 0 atom stereocenters. The quantitative estimate of drug-likeness (QED) is 0.892. The SMILES string of the molecule is O=C(O)c1cc(-n2c(=O)[nH]c(CF)c(F)c2=O)c(F)cc1Cl. The van der Waals surface area contributed by atoms with Crippen LogP contribution in [0.15, 0.2) is 21.7 Å². The summed E-state index contributed by atoms with van der Waals surface area (Å²) in [6, 6.07) is 1.17. The average Bonchev–Trinajstić information content (AvgIpc) is 2.44. The van der Waals surface area contributed by atoms with Gasteiger partial charge in [0.05, 0.1) is 22.0 Å². The van der Waals surface area contributed by atoms with Crippen LogP contribution in [0.25, 0.3) is 5.69 Å². The summed E-state index contributed by atoms with van der Waals surface area (Å²) in [6.07, 6.45) is 0. The molecule has 0 aliphatic carbocycles. The Kier molecular flexibility index (Phi) is 4.09. The molecule has 6 nitrogen and oxygen atoms in total. The number of nitrogens with zero attached hydrogens (tertiary/aromatic N) is 1. The van der Waals surface area contributed by atoms with Crippen LogP contribution < -0.4 is 11.2 Å². The maximum Gasteiger partial charge on any atom is 0.337 e. The van der Waals surface area contributed by atoms with Gasteiger partial charge in [0.1, 0.15) is 12.5 Å². The van der Waals surface area contributed by atoms with E-state index in [0.29, 0.717) is 12.1 Å². The third kappa shape index (κ3) is 2.50. The van der Waals surface area contributed by atoms with Gasteiger partial charge in [0.2, 0.25) is 5.82 Å². The number of alkyl halides is 1. The third-order valence-corrected chi connectivity index (χ3v) is 3.07. The molecule has 0 spiro atoms. The third-order valence-electron chi connectivity index (χ3n) is 2.76. The van der Waals surface area contributed by atoms with Crippen molar-refractivity contribution in [3.8, 4) is 5.69 Å². The molecule has 0 amide bonds. The lowest BCUT2D eigenvalue weighted by atomic mass is 10.2. The number of benzene rings is 1. The Morgan fingerprint density at radius 1 is 1.32 bits per heavy atom. The minimum absolute atomic E-state index is 0.0204. The largest absolute Gasteiger partial charge is 0.478 e. The first-order valence-corrected chi connectivity index (χ1v) is 5.98. The van der Waals surface area contributed by atoms with Crippen LogP contribution in [0, 0.1) is 11.6 Å². The highest BCUT2D eigenvalue weighted by atomic mass is 35.5. The Labute approximate surface area is 124 Å². The minimum atomic E-state index is -1.62. The summed E-state index contributed by atoms with van der Waals surface area (Å²) in [5.74, 6) is -4.39. The van der Waals surface area contributed by atoms with E-state index in [9.17, 15) is 27.6 Å². The van der Waals surface area contributed by atoms with E-state index >= 15 is 0 Å². The molecule has 2 aromatic rings. The second-order valence-corrected chi connectivity index (χ2v) is 4.49. The maximum absolute atomic E-state index is 13.9. The van der Waals surface area contributed by atoms with Gasteiger partial charge in [-0.15, -0.1) is 0 Å². The summed E-state index contributed by atoms with van der Waals surface area (Å²) < 4.78 is 39.9. The van der Waals surface area contributed by atoms with E-state index in [1.165, 1.54) is 0 Å². The van der Waals surface area contributed by atoms with Crippen LogP contribution in [0.5, 0.6) is 0 Å². The fraction of sp³-hybridized carbons (Fsp3) is 0.0833. The number of hydrogen-bond donors (Lipinski definition) is 2. The molecule has 10 heteroatoms. The normalized spacial score (nSPS) is 10.7. The molecule has 2 N–H and O–H groups in total. The fourth-order valence-electron chi connectivity index (χ4n) is 1.74. The van der Waals surface area contributed by atoms with Crippen molar-refractivity contribution in [1.29, 1.82) is 0 Å². The van der Waals surface area contributed by atoms with E-state index in [4.69, 9.17) is 16.7 Å². The highest BCUT2D eigenvalue weighted by Crippen LogP contribution is 2.22. The van der Waals surface area contributed by atoms with Crippen LogP contribution in [0.1, 0.15) is 16.1 Å². The first-order valence-electron chi connectivity index (χ1n) is 5.60. The molecule has 0 radical (unpaired) electrons. The van der Waals surface area contributed by atoms with Gasteiger partial charge in [0, 0.05) is 0 Å². The standard InChI is InChI=1S/C12H6ClF3N2O4/c13-5-2-6(15)8(1-4(5)11(20)21)18-10(19)9(16)7(3-14)17-12(18)22/h1-2H,3H2,(H,17,22)(H,20,21). The first-order chi connectivity index (χ1) is 10.3. The van der Waals surface area contributed by atoms with Gasteiger partial charge in [0.15, 0.2) is 0 Å². The van der Waals surface area contributed by atoms with Crippen LogP contribution in [-0.4, -0.2) is 20.6 Å². The lowest BCUT2D eigenvalue weighted by molar-refractivity contribution is 0.0697. The van der Waals surface area contributed by atoms with E-state index in [2.05, 4.69) is 0 Å². The first kappa shape index (κ1) is 15.8. The Hall–Kier alpha value is -2.55. The smallest absolute Gasteiger partial charge is 0.337 e. The molecule has 1 aromatic carbocycles. The van der Waals surface area contributed by atoms with Gasteiger partial charge in [-0.1, -0.05) is 11.6 Å². The van der Waals surface area contributed by atoms with E-state index in [0.717, 1.165) is 0 Å². The van der Waals surface area contributed by atoms with Gasteiger partial charge in [-0.2, -0.15) is 4.39 Å². The van der Waals surface area contributed by atoms with E-state index < -0.39 is 57.5 Å². The lowest BCUT2D eigenvalue weighted by Gasteiger charge is -2.09. The molecule has 1 aromatic heterocycles. The van der Waals surface area contributed by atoms with Crippen LogP contribution in [0.3, 0.4) is 0 Å². The number of aromatic carboxylic acids is 1. The Morgan fingerprint density at radius 2 is 1.95 bits per heavy atom. The maximum atomic E-state index is 13.9. The number of carboxylic acid groups (broad SMARTS) is 1. The van der Waals surface area contributed by atoms with Gasteiger partial charge in [-0.25, -0.2) is 22.9 Å². The van der Waals surface area contributed by atoms with Gasteiger partial charge >= 0.3 is 11.7 Å². The molecule has 116 valence electrons. The summed E-state index contributed by atoms with van der Waals surface area (Å²) in [4.78, 5) is 36.1. The summed E-state index contributed by atoms with van der Waals surface area (Å²) in [5.41, 5.74) is -5.25. The highest BCUT2D eigenvalue weighted by molar-refractivity contribution is 6.33. The number of aromatic amines is 1. The molecule has 0 aliphatic heterocycles. The zero-order chi connectivity index (χ0) is 16.6.